The van der Waals surface area contributed by atoms with Crippen LogP contribution >= 0.6 is 11.6 Å². The highest BCUT2D eigenvalue weighted by Crippen LogP contribution is 2.15. The highest BCUT2D eigenvalue weighted by Gasteiger charge is 2.20. The monoisotopic (exact) mass is 316 g/mol. The second kappa shape index (κ2) is 7.09. The molecule has 2 aromatic carbocycles. The fourth-order valence-electron chi connectivity index (χ4n) is 2.06. The Hall–Kier alpha value is -2.33. The summed E-state index contributed by atoms with van der Waals surface area (Å²) in [4.78, 5) is 23.8. The van der Waals surface area contributed by atoms with Gasteiger partial charge in [0, 0.05) is 6.42 Å². The van der Waals surface area contributed by atoms with Crippen molar-refractivity contribution in [2.75, 3.05) is 0 Å². The zero-order chi connectivity index (χ0) is 16.1. The van der Waals surface area contributed by atoms with E-state index in [2.05, 4.69) is 5.32 Å². The van der Waals surface area contributed by atoms with Crippen molar-refractivity contribution in [3.05, 3.63) is 70.2 Å². The van der Waals surface area contributed by atoms with Crippen molar-refractivity contribution in [1.82, 2.24) is 5.32 Å². The summed E-state index contributed by atoms with van der Waals surface area (Å²) < 4.78 is 0. The Morgan fingerprint density at radius 1 is 1.14 bits per heavy atom. The maximum atomic E-state index is 12.2. The summed E-state index contributed by atoms with van der Waals surface area (Å²) in [5.41, 5.74) is 7.76. The summed E-state index contributed by atoms with van der Waals surface area (Å²) in [6, 6.07) is 13.6. The minimum atomic E-state index is -0.786. The van der Waals surface area contributed by atoms with E-state index in [1.165, 1.54) is 0 Å². The average Bonchev–Trinajstić information content (AvgIpc) is 2.49. The van der Waals surface area contributed by atoms with Gasteiger partial charge in [0.05, 0.1) is 10.6 Å². The van der Waals surface area contributed by atoms with Gasteiger partial charge in [-0.05, 0) is 24.6 Å². The van der Waals surface area contributed by atoms with Gasteiger partial charge in [-0.1, -0.05) is 53.6 Å². The fraction of sp³-hybridized carbons (Fsp3) is 0.176. The minimum absolute atomic E-state index is 0.319. The molecule has 1 atom stereocenters. The van der Waals surface area contributed by atoms with Crippen LogP contribution in [0, 0.1) is 6.92 Å². The molecule has 0 radical (unpaired) electrons. The van der Waals surface area contributed by atoms with Gasteiger partial charge in [0.15, 0.2) is 0 Å². The van der Waals surface area contributed by atoms with E-state index >= 15 is 0 Å². The second-order valence-electron chi connectivity index (χ2n) is 5.10. The van der Waals surface area contributed by atoms with E-state index in [1.807, 2.05) is 31.2 Å². The van der Waals surface area contributed by atoms with E-state index in [9.17, 15) is 9.59 Å². The van der Waals surface area contributed by atoms with E-state index in [-0.39, 0.29) is 0 Å². The minimum Gasteiger partial charge on any atom is -0.368 e. The lowest BCUT2D eigenvalue weighted by atomic mass is 10.0. The SMILES string of the molecule is Cc1ccc(C[C@@H](NC(=O)c2ccccc2Cl)C(N)=O)cc1. The molecule has 0 heterocycles. The molecule has 0 unspecified atom stereocenters. The lowest BCUT2D eigenvalue weighted by molar-refractivity contribution is -0.119. The summed E-state index contributed by atoms with van der Waals surface area (Å²) >= 11 is 5.98. The van der Waals surface area contributed by atoms with Gasteiger partial charge in [0.1, 0.15) is 6.04 Å². The summed E-state index contributed by atoms with van der Waals surface area (Å²) in [5, 5.41) is 2.97. The molecular weight excluding hydrogens is 300 g/mol. The molecule has 0 aromatic heterocycles. The molecule has 2 amide bonds. The van der Waals surface area contributed by atoms with Crippen LogP contribution in [-0.2, 0) is 11.2 Å². The summed E-state index contributed by atoms with van der Waals surface area (Å²) in [7, 11) is 0. The van der Waals surface area contributed by atoms with Crippen LogP contribution in [0.15, 0.2) is 48.5 Å². The number of amides is 2. The van der Waals surface area contributed by atoms with Crippen molar-refractivity contribution >= 4 is 23.4 Å². The Morgan fingerprint density at radius 2 is 1.77 bits per heavy atom. The van der Waals surface area contributed by atoms with Gasteiger partial charge >= 0.3 is 0 Å². The number of nitrogens with two attached hydrogens (primary N) is 1. The molecule has 0 aliphatic heterocycles. The molecule has 0 bridgehead atoms. The number of benzene rings is 2. The van der Waals surface area contributed by atoms with E-state index in [4.69, 9.17) is 17.3 Å². The molecule has 5 heteroatoms. The largest absolute Gasteiger partial charge is 0.368 e. The number of halogens is 1. The average molecular weight is 317 g/mol. The van der Waals surface area contributed by atoms with Crippen molar-refractivity contribution in [2.24, 2.45) is 5.73 Å². The number of primary amides is 1. The molecule has 0 saturated carbocycles. The van der Waals surface area contributed by atoms with Crippen LogP contribution < -0.4 is 11.1 Å². The highest BCUT2D eigenvalue weighted by molar-refractivity contribution is 6.33. The zero-order valence-electron chi connectivity index (χ0n) is 12.2. The molecule has 2 rings (SSSR count). The zero-order valence-corrected chi connectivity index (χ0v) is 12.9. The van der Waals surface area contributed by atoms with Gasteiger partial charge in [-0.3, -0.25) is 9.59 Å². The number of nitrogens with one attached hydrogen (secondary N) is 1. The van der Waals surface area contributed by atoms with Crippen molar-refractivity contribution in [2.45, 2.75) is 19.4 Å². The quantitative estimate of drug-likeness (QED) is 0.889. The van der Waals surface area contributed by atoms with Gasteiger partial charge in [0.25, 0.3) is 5.91 Å². The van der Waals surface area contributed by atoms with E-state index in [0.29, 0.717) is 17.0 Å². The number of hydrogen-bond donors (Lipinski definition) is 2. The molecule has 0 fully saturated rings. The maximum absolute atomic E-state index is 12.2. The number of aryl methyl sites for hydroxylation is 1. The third kappa shape index (κ3) is 4.09. The number of rotatable bonds is 5. The van der Waals surface area contributed by atoms with Gasteiger partial charge in [-0.25, -0.2) is 0 Å². The van der Waals surface area contributed by atoms with Gasteiger partial charge in [-0.2, -0.15) is 0 Å². The lowest BCUT2D eigenvalue weighted by Crippen LogP contribution is -2.45. The Morgan fingerprint density at radius 3 is 2.36 bits per heavy atom. The molecule has 0 spiro atoms. The summed E-state index contributed by atoms with van der Waals surface area (Å²) in [5.74, 6) is -0.998. The number of hydrogen-bond acceptors (Lipinski definition) is 2. The van der Waals surface area contributed by atoms with E-state index in [0.717, 1.165) is 11.1 Å². The van der Waals surface area contributed by atoms with Gasteiger partial charge in [0.2, 0.25) is 5.91 Å². The molecule has 22 heavy (non-hydrogen) atoms. The Labute approximate surface area is 134 Å². The normalized spacial score (nSPS) is 11.7. The first-order valence-electron chi connectivity index (χ1n) is 6.87. The molecule has 0 aliphatic carbocycles. The van der Waals surface area contributed by atoms with Gasteiger partial charge in [-0.15, -0.1) is 0 Å². The maximum Gasteiger partial charge on any atom is 0.253 e. The number of carbonyl (C=O) groups excluding carboxylic acids is 2. The molecule has 3 N–H and O–H groups in total. The first kappa shape index (κ1) is 16.0. The smallest absolute Gasteiger partial charge is 0.253 e. The molecular formula is C17H17ClN2O2. The molecule has 0 saturated heterocycles. The van der Waals surface area contributed by atoms with Crippen LogP contribution in [0.4, 0.5) is 0 Å². The van der Waals surface area contributed by atoms with Crippen LogP contribution in [0.2, 0.25) is 5.02 Å². The Bertz CT molecular complexity index is 683. The van der Waals surface area contributed by atoms with E-state index < -0.39 is 17.9 Å². The van der Waals surface area contributed by atoms with Crippen molar-refractivity contribution in [1.29, 1.82) is 0 Å². The first-order valence-corrected chi connectivity index (χ1v) is 7.25. The Balaban J connectivity index is 2.12. The number of carbonyl (C=O) groups is 2. The Kier molecular flexibility index (Phi) is 5.17. The highest BCUT2D eigenvalue weighted by atomic mass is 35.5. The third-order valence-electron chi connectivity index (χ3n) is 3.33. The molecule has 4 nitrogen and oxygen atoms in total. The molecule has 114 valence electrons. The van der Waals surface area contributed by atoms with Crippen molar-refractivity contribution in [3.63, 3.8) is 0 Å². The van der Waals surface area contributed by atoms with Crippen LogP contribution in [0.5, 0.6) is 0 Å². The first-order chi connectivity index (χ1) is 10.5. The van der Waals surface area contributed by atoms with Crippen LogP contribution in [0.1, 0.15) is 21.5 Å². The van der Waals surface area contributed by atoms with Gasteiger partial charge < -0.3 is 11.1 Å². The predicted octanol–water partition coefficient (Wildman–Crippen LogP) is 2.47. The standard InChI is InChI=1S/C17H17ClN2O2/c1-11-6-8-12(9-7-11)10-15(16(19)21)20-17(22)13-4-2-3-5-14(13)18/h2-9,15H,10H2,1H3,(H2,19,21)(H,20,22)/t15-/m1/s1. The third-order valence-corrected chi connectivity index (χ3v) is 3.66. The van der Waals surface area contributed by atoms with Crippen LogP contribution in [0.25, 0.3) is 0 Å². The van der Waals surface area contributed by atoms with E-state index in [1.54, 1.807) is 24.3 Å². The summed E-state index contributed by atoms with van der Waals surface area (Å²) in [6.45, 7) is 1.98. The van der Waals surface area contributed by atoms with Crippen LogP contribution in [0.3, 0.4) is 0 Å². The molecule has 0 aliphatic rings. The van der Waals surface area contributed by atoms with Crippen molar-refractivity contribution in [3.8, 4) is 0 Å². The fourth-order valence-corrected chi connectivity index (χ4v) is 2.29. The lowest BCUT2D eigenvalue weighted by Gasteiger charge is -2.16. The predicted molar refractivity (Wildman–Crippen MR) is 86.8 cm³/mol. The molecule has 2 aromatic rings. The second-order valence-corrected chi connectivity index (χ2v) is 5.51. The topological polar surface area (TPSA) is 72.2 Å². The van der Waals surface area contributed by atoms with Crippen molar-refractivity contribution < 1.29 is 9.59 Å². The van der Waals surface area contributed by atoms with Crippen LogP contribution in [-0.4, -0.2) is 17.9 Å². The summed E-state index contributed by atoms with van der Waals surface area (Å²) in [6.07, 6.45) is 0.339.